The molecule has 2 amide bonds. The lowest BCUT2D eigenvalue weighted by atomic mass is 10.0. The lowest BCUT2D eigenvalue weighted by Crippen LogP contribution is -2.44. The van der Waals surface area contributed by atoms with Crippen molar-refractivity contribution in [2.75, 3.05) is 11.9 Å². The van der Waals surface area contributed by atoms with Gasteiger partial charge in [-0.1, -0.05) is 30.5 Å². The van der Waals surface area contributed by atoms with Gasteiger partial charge in [0, 0.05) is 17.3 Å². The molecule has 2 rings (SSSR count). The van der Waals surface area contributed by atoms with Crippen LogP contribution in [0, 0.1) is 6.92 Å². The van der Waals surface area contributed by atoms with Gasteiger partial charge in [-0.15, -0.1) is 0 Å². The summed E-state index contributed by atoms with van der Waals surface area (Å²) in [6.07, 6.45) is 3.20. The van der Waals surface area contributed by atoms with Gasteiger partial charge in [0.2, 0.25) is 0 Å². The van der Waals surface area contributed by atoms with Crippen LogP contribution in [-0.4, -0.2) is 29.1 Å². The third-order valence-corrected chi connectivity index (χ3v) is 4.24. The summed E-state index contributed by atoms with van der Waals surface area (Å²) in [7, 11) is 0. The van der Waals surface area contributed by atoms with Crippen LogP contribution in [0.5, 0.6) is 0 Å². The summed E-state index contributed by atoms with van der Waals surface area (Å²) in [5, 5.41) is 15.7. The SMILES string of the molecule is Cc1c(Cl)cccc1NC(=O)C(=O)NCC1(O)CCCC1. The lowest BCUT2D eigenvalue weighted by Gasteiger charge is -2.22. The number of hydrogen-bond acceptors (Lipinski definition) is 3. The first-order valence-corrected chi connectivity index (χ1v) is 7.36. The highest BCUT2D eigenvalue weighted by atomic mass is 35.5. The Hall–Kier alpha value is -1.59. The number of nitrogens with one attached hydrogen (secondary N) is 2. The molecule has 1 aromatic carbocycles. The van der Waals surface area contributed by atoms with Crippen LogP contribution < -0.4 is 10.6 Å². The molecule has 1 aromatic rings. The van der Waals surface area contributed by atoms with Gasteiger partial charge < -0.3 is 15.7 Å². The van der Waals surface area contributed by atoms with Crippen molar-refractivity contribution >= 4 is 29.1 Å². The first kappa shape index (κ1) is 15.8. The largest absolute Gasteiger partial charge is 0.388 e. The Balaban J connectivity index is 1.91. The second-order valence-corrected chi connectivity index (χ2v) is 5.89. The Morgan fingerprint density at radius 1 is 1.29 bits per heavy atom. The third kappa shape index (κ3) is 3.95. The molecule has 0 unspecified atom stereocenters. The van der Waals surface area contributed by atoms with Crippen molar-refractivity contribution in [2.24, 2.45) is 0 Å². The molecule has 1 aliphatic carbocycles. The number of hydrogen-bond donors (Lipinski definition) is 3. The average molecular weight is 311 g/mol. The van der Waals surface area contributed by atoms with Crippen LogP contribution in [0.3, 0.4) is 0 Å². The van der Waals surface area contributed by atoms with Crippen molar-refractivity contribution in [2.45, 2.75) is 38.2 Å². The minimum Gasteiger partial charge on any atom is -0.388 e. The minimum atomic E-state index is -0.873. The monoisotopic (exact) mass is 310 g/mol. The highest BCUT2D eigenvalue weighted by molar-refractivity contribution is 6.40. The molecule has 21 heavy (non-hydrogen) atoms. The van der Waals surface area contributed by atoms with E-state index in [9.17, 15) is 14.7 Å². The number of carbonyl (C=O) groups excluding carboxylic acids is 2. The first-order chi connectivity index (χ1) is 9.91. The fraction of sp³-hybridized carbons (Fsp3) is 0.467. The van der Waals surface area contributed by atoms with E-state index in [0.29, 0.717) is 29.1 Å². The molecule has 0 spiro atoms. The molecule has 0 aromatic heterocycles. The lowest BCUT2D eigenvalue weighted by molar-refractivity contribution is -0.136. The van der Waals surface area contributed by atoms with Crippen molar-refractivity contribution in [3.05, 3.63) is 28.8 Å². The van der Waals surface area contributed by atoms with Gasteiger partial charge in [0.25, 0.3) is 0 Å². The van der Waals surface area contributed by atoms with Gasteiger partial charge in [-0.3, -0.25) is 9.59 Å². The van der Waals surface area contributed by atoms with E-state index in [1.807, 2.05) is 0 Å². The number of anilines is 1. The van der Waals surface area contributed by atoms with E-state index >= 15 is 0 Å². The second kappa shape index (κ2) is 6.45. The molecule has 0 heterocycles. The summed E-state index contributed by atoms with van der Waals surface area (Å²) in [6.45, 7) is 1.87. The van der Waals surface area contributed by atoms with Crippen LogP contribution in [0.25, 0.3) is 0 Å². The van der Waals surface area contributed by atoms with E-state index in [1.54, 1.807) is 25.1 Å². The smallest absolute Gasteiger partial charge is 0.313 e. The van der Waals surface area contributed by atoms with Crippen molar-refractivity contribution in [1.82, 2.24) is 5.32 Å². The molecule has 0 aliphatic heterocycles. The molecule has 0 bridgehead atoms. The normalized spacial score (nSPS) is 16.5. The van der Waals surface area contributed by atoms with Gasteiger partial charge >= 0.3 is 11.8 Å². The molecule has 1 saturated carbocycles. The zero-order valence-corrected chi connectivity index (χ0v) is 12.7. The quantitative estimate of drug-likeness (QED) is 0.747. The molecule has 0 saturated heterocycles. The van der Waals surface area contributed by atoms with E-state index in [1.165, 1.54) is 0 Å². The molecule has 0 radical (unpaired) electrons. The Morgan fingerprint density at radius 2 is 1.95 bits per heavy atom. The Kier molecular flexibility index (Phi) is 4.85. The Labute approximate surface area is 128 Å². The summed E-state index contributed by atoms with van der Waals surface area (Å²) in [5.41, 5.74) is 0.332. The number of rotatable bonds is 3. The van der Waals surface area contributed by atoms with Crippen LogP contribution >= 0.6 is 11.6 Å². The maximum atomic E-state index is 11.8. The van der Waals surface area contributed by atoms with E-state index in [4.69, 9.17) is 11.6 Å². The summed E-state index contributed by atoms with van der Waals surface area (Å²) in [4.78, 5) is 23.6. The highest BCUT2D eigenvalue weighted by Crippen LogP contribution is 2.28. The fourth-order valence-corrected chi connectivity index (χ4v) is 2.63. The topological polar surface area (TPSA) is 78.4 Å². The summed E-state index contributed by atoms with van der Waals surface area (Å²) < 4.78 is 0. The van der Waals surface area contributed by atoms with Gasteiger partial charge in [-0.05, 0) is 37.5 Å². The molecular formula is C15H19ClN2O3. The number of halogens is 1. The average Bonchev–Trinajstić information content (AvgIpc) is 2.88. The second-order valence-electron chi connectivity index (χ2n) is 5.48. The Morgan fingerprint density at radius 3 is 2.62 bits per heavy atom. The van der Waals surface area contributed by atoms with Gasteiger partial charge in [0.15, 0.2) is 0 Å². The van der Waals surface area contributed by atoms with Gasteiger partial charge in [0.05, 0.1) is 5.60 Å². The summed E-state index contributed by atoms with van der Waals surface area (Å²) in [5.74, 6) is -1.52. The van der Waals surface area contributed by atoms with Gasteiger partial charge in [0.1, 0.15) is 0 Å². The number of aliphatic hydroxyl groups is 1. The number of amides is 2. The molecule has 3 N–H and O–H groups in total. The predicted octanol–water partition coefficient (Wildman–Crippen LogP) is 2.01. The number of carbonyl (C=O) groups is 2. The fourth-order valence-electron chi connectivity index (χ4n) is 2.46. The standard InChI is InChI=1S/C15H19ClN2O3/c1-10-11(16)5-4-6-12(10)18-14(20)13(19)17-9-15(21)7-2-3-8-15/h4-6,21H,2-3,7-9H2,1H3,(H,17,19)(H,18,20). The van der Waals surface area contributed by atoms with Gasteiger partial charge in [-0.2, -0.15) is 0 Å². The maximum Gasteiger partial charge on any atom is 0.313 e. The molecule has 5 nitrogen and oxygen atoms in total. The van der Waals surface area contributed by atoms with E-state index in [0.717, 1.165) is 12.8 Å². The zero-order chi connectivity index (χ0) is 15.5. The van der Waals surface area contributed by atoms with Gasteiger partial charge in [-0.25, -0.2) is 0 Å². The molecule has 1 aliphatic rings. The molecule has 0 atom stereocenters. The van der Waals surface area contributed by atoms with Crippen molar-refractivity contribution in [3.63, 3.8) is 0 Å². The molecule has 6 heteroatoms. The minimum absolute atomic E-state index is 0.105. The van der Waals surface area contributed by atoms with Crippen LogP contribution in [0.1, 0.15) is 31.2 Å². The summed E-state index contributed by atoms with van der Waals surface area (Å²) in [6, 6.07) is 5.09. The Bertz CT molecular complexity index is 554. The molecule has 114 valence electrons. The van der Waals surface area contributed by atoms with Crippen LogP contribution in [0.2, 0.25) is 5.02 Å². The highest BCUT2D eigenvalue weighted by Gasteiger charge is 2.32. The van der Waals surface area contributed by atoms with Crippen LogP contribution in [0.15, 0.2) is 18.2 Å². The van der Waals surface area contributed by atoms with E-state index in [-0.39, 0.29) is 6.54 Å². The van der Waals surface area contributed by atoms with Crippen LogP contribution in [-0.2, 0) is 9.59 Å². The molecular weight excluding hydrogens is 292 g/mol. The van der Waals surface area contributed by atoms with Crippen molar-refractivity contribution < 1.29 is 14.7 Å². The first-order valence-electron chi connectivity index (χ1n) is 6.98. The van der Waals surface area contributed by atoms with Crippen molar-refractivity contribution in [3.8, 4) is 0 Å². The number of benzene rings is 1. The zero-order valence-electron chi connectivity index (χ0n) is 11.9. The third-order valence-electron chi connectivity index (χ3n) is 3.83. The van der Waals surface area contributed by atoms with Crippen LogP contribution in [0.4, 0.5) is 5.69 Å². The predicted molar refractivity (Wildman–Crippen MR) is 81.2 cm³/mol. The maximum absolute atomic E-state index is 11.8. The van der Waals surface area contributed by atoms with Crippen molar-refractivity contribution in [1.29, 1.82) is 0 Å². The summed E-state index contributed by atoms with van der Waals surface area (Å²) >= 11 is 5.96. The van der Waals surface area contributed by atoms with E-state index < -0.39 is 17.4 Å². The molecule has 1 fully saturated rings. The van der Waals surface area contributed by atoms with E-state index in [2.05, 4.69) is 10.6 Å².